The molecule has 0 bridgehead atoms. The lowest BCUT2D eigenvalue weighted by Gasteiger charge is -2.21. The van der Waals surface area contributed by atoms with E-state index < -0.39 is 0 Å². The van der Waals surface area contributed by atoms with Crippen LogP contribution in [0.4, 0.5) is 0 Å². The van der Waals surface area contributed by atoms with E-state index in [1.54, 1.807) is 17.7 Å². The molecule has 3 rings (SSSR count). The van der Waals surface area contributed by atoms with Crippen molar-refractivity contribution < 1.29 is 4.79 Å². The summed E-state index contributed by atoms with van der Waals surface area (Å²) in [5.41, 5.74) is 1.08. The van der Waals surface area contributed by atoms with E-state index >= 15 is 0 Å². The standard InChI is InChI=1S/C16H23N5OS/c1-3-21-14(17-12-18-21)11-19-6-4-7-20(9-8-19)16(22)15-13(2)5-10-23-15/h5,10,12H,3-4,6-9,11H2,1-2H3. The first-order valence-electron chi connectivity index (χ1n) is 8.11. The molecule has 0 aromatic carbocycles. The lowest BCUT2D eigenvalue weighted by molar-refractivity contribution is 0.0765. The van der Waals surface area contributed by atoms with Gasteiger partial charge < -0.3 is 4.90 Å². The Labute approximate surface area is 140 Å². The number of aryl methyl sites for hydroxylation is 2. The monoisotopic (exact) mass is 333 g/mol. The van der Waals surface area contributed by atoms with Gasteiger partial charge >= 0.3 is 0 Å². The molecule has 7 heteroatoms. The lowest BCUT2D eigenvalue weighted by Crippen LogP contribution is -2.35. The number of amides is 1. The van der Waals surface area contributed by atoms with Gasteiger partial charge in [0.2, 0.25) is 0 Å². The van der Waals surface area contributed by atoms with Gasteiger partial charge in [0.15, 0.2) is 0 Å². The fourth-order valence-corrected chi connectivity index (χ4v) is 3.83. The maximum absolute atomic E-state index is 12.6. The van der Waals surface area contributed by atoms with Gasteiger partial charge in [0.05, 0.1) is 11.4 Å². The number of aromatic nitrogens is 3. The van der Waals surface area contributed by atoms with Crippen LogP contribution in [0.5, 0.6) is 0 Å². The van der Waals surface area contributed by atoms with Crippen molar-refractivity contribution in [3.8, 4) is 0 Å². The molecule has 3 heterocycles. The zero-order chi connectivity index (χ0) is 16.2. The molecule has 0 aliphatic carbocycles. The van der Waals surface area contributed by atoms with Crippen molar-refractivity contribution in [3.63, 3.8) is 0 Å². The molecule has 2 aromatic rings. The van der Waals surface area contributed by atoms with Gasteiger partial charge in [-0.15, -0.1) is 11.3 Å². The molecule has 1 fully saturated rings. The van der Waals surface area contributed by atoms with Crippen LogP contribution in [0.3, 0.4) is 0 Å². The third kappa shape index (κ3) is 3.61. The molecule has 0 saturated carbocycles. The van der Waals surface area contributed by atoms with Crippen molar-refractivity contribution >= 4 is 17.2 Å². The van der Waals surface area contributed by atoms with Crippen molar-refractivity contribution in [2.24, 2.45) is 0 Å². The topological polar surface area (TPSA) is 54.3 Å². The van der Waals surface area contributed by atoms with Crippen molar-refractivity contribution in [2.45, 2.75) is 33.4 Å². The molecule has 2 aromatic heterocycles. The third-order valence-corrected chi connectivity index (χ3v) is 5.30. The average Bonchev–Trinajstić information content (AvgIpc) is 3.10. The lowest BCUT2D eigenvalue weighted by atomic mass is 10.2. The van der Waals surface area contributed by atoms with Crippen LogP contribution in [0.2, 0.25) is 0 Å². The largest absolute Gasteiger partial charge is 0.337 e. The minimum absolute atomic E-state index is 0.177. The molecule has 1 aliphatic heterocycles. The highest BCUT2D eigenvalue weighted by molar-refractivity contribution is 7.12. The van der Waals surface area contributed by atoms with E-state index in [4.69, 9.17) is 0 Å². The second-order valence-electron chi connectivity index (χ2n) is 5.85. The minimum Gasteiger partial charge on any atom is -0.337 e. The Balaban J connectivity index is 1.61. The Kier molecular flexibility index (Phi) is 5.07. The zero-order valence-corrected chi connectivity index (χ0v) is 14.6. The van der Waals surface area contributed by atoms with E-state index in [9.17, 15) is 4.79 Å². The van der Waals surface area contributed by atoms with Gasteiger partial charge in [-0.05, 0) is 37.3 Å². The minimum atomic E-state index is 0.177. The summed E-state index contributed by atoms with van der Waals surface area (Å²) in [5.74, 6) is 1.18. The number of hydrogen-bond donors (Lipinski definition) is 0. The van der Waals surface area contributed by atoms with E-state index in [2.05, 4.69) is 21.9 Å². The Bertz CT molecular complexity index is 665. The van der Waals surface area contributed by atoms with Crippen LogP contribution in [0.25, 0.3) is 0 Å². The maximum atomic E-state index is 12.6. The molecule has 1 saturated heterocycles. The van der Waals surface area contributed by atoms with Crippen molar-refractivity contribution in [1.82, 2.24) is 24.6 Å². The summed E-state index contributed by atoms with van der Waals surface area (Å²) in [6, 6.07) is 2.01. The Morgan fingerprint density at radius 3 is 2.91 bits per heavy atom. The first-order valence-corrected chi connectivity index (χ1v) is 8.99. The van der Waals surface area contributed by atoms with Crippen LogP contribution in [0.15, 0.2) is 17.8 Å². The zero-order valence-electron chi connectivity index (χ0n) is 13.7. The van der Waals surface area contributed by atoms with Crippen LogP contribution in [0, 0.1) is 6.92 Å². The fourth-order valence-electron chi connectivity index (χ4n) is 2.94. The number of rotatable bonds is 4. The van der Waals surface area contributed by atoms with E-state index in [1.807, 2.05) is 28.0 Å². The summed E-state index contributed by atoms with van der Waals surface area (Å²) < 4.78 is 1.93. The molecule has 124 valence electrons. The SMILES string of the molecule is CCn1ncnc1CN1CCCN(C(=O)c2sccc2C)CC1. The molecule has 0 spiro atoms. The smallest absolute Gasteiger partial charge is 0.264 e. The molecule has 1 aliphatic rings. The molecule has 1 amide bonds. The maximum Gasteiger partial charge on any atom is 0.264 e. The number of thiophene rings is 1. The molecule has 0 atom stereocenters. The summed E-state index contributed by atoms with van der Waals surface area (Å²) in [4.78, 5) is 22.2. The molecule has 0 radical (unpaired) electrons. The van der Waals surface area contributed by atoms with E-state index in [-0.39, 0.29) is 5.91 Å². The van der Waals surface area contributed by atoms with Gasteiger partial charge in [-0.25, -0.2) is 9.67 Å². The van der Waals surface area contributed by atoms with E-state index in [1.165, 1.54) is 0 Å². The molecule has 6 nitrogen and oxygen atoms in total. The predicted molar refractivity (Wildman–Crippen MR) is 90.5 cm³/mol. The van der Waals surface area contributed by atoms with E-state index in [0.29, 0.717) is 0 Å². The summed E-state index contributed by atoms with van der Waals surface area (Å²) in [6.07, 6.45) is 2.61. The number of nitrogens with zero attached hydrogens (tertiary/aromatic N) is 5. The van der Waals surface area contributed by atoms with Crippen LogP contribution >= 0.6 is 11.3 Å². The summed E-state index contributed by atoms with van der Waals surface area (Å²) in [7, 11) is 0. The van der Waals surface area contributed by atoms with Gasteiger partial charge in [0.25, 0.3) is 5.91 Å². The molecule has 0 unspecified atom stereocenters. The second-order valence-corrected chi connectivity index (χ2v) is 6.76. The molecular formula is C16H23N5OS. The fraction of sp³-hybridized carbons (Fsp3) is 0.562. The first-order chi connectivity index (χ1) is 11.2. The van der Waals surface area contributed by atoms with Crippen molar-refractivity contribution in [3.05, 3.63) is 34.0 Å². The predicted octanol–water partition coefficient (Wildman–Crippen LogP) is 2.02. The number of hydrogen-bond acceptors (Lipinski definition) is 5. The highest BCUT2D eigenvalue weighted by atomic mass is 32.1. The Morgan fingerprint density at radius 1 is 1.30 bits per heavy atom. The Hall–Kier alpha value is -1.73. The number of carbonyl (C=O) groups is 1. The quantitative estimate of drug-likeness (QED) is 0.859. The summed E-state index contributed by atoms with van der Waals surface area (Å²) in [5, 5.41) is 6.22. The van der Waals surface area contributed by atoms with Gasteiger partial charge in [0, 0.05) is 32.7 Å². The van der Waals surface area contributed by atoms with Crippen molar-refractivity contribution in [2.75, 3.05) is 26.2 Å². The molecule has 0 N–H and O–H groups in total. The van der Waals surface area contributed by atoms with Gasteiger partial charge in [-0.1, -0.05) is 0 Å². The molecule has 23 heavy (non-hydrogen) atoms. The number of carbonyl (C=O) groups excluding carboxylic acids is 1. The van der Waals surface area contributed by atoms with Crippen LogP contribution < -0.4 is 0 Å². The molecular weight excluding hydrogens is 310 g/mol. The highest BCUT2D eigenvalue weighted by Gasteiger charge is 2.22. The Morgan fingerprint density at radius 2 is 2.17 bits per heavy atom. The van der Waals surface area contributed by atoms with Gasteiger partial charge in [-0.3, -0.25) is 9.69 Å². The highest BCUT2D eigenvalue weighted by Crippen LogP contribution is 2.19. The first kappa shape index (κ1) is 16.1. The van der Waals surface area contributed by atoms with Crippen LogP contribution in [0.1, 0.15) is 34.4 Å². The summed E-state index contributed by atoms with van der Waals surface area (Å²) in [6.45, 7) is 9.19. The third-order valence-electron chi connectivity index (χ3n) is 4.29. The van der Waals surface area contributed by atoms with Crippen LogP contribution in [-0.4, -0.2) is 56.7 Å². The van der Waals surface area contributed by atoms with Crippen molar-refractivity contribution in [1.29, 1.82) is 0 Å². The van der Waals surface area contributed by atoms with Crippen LogP contribution in [-0.2, 0) is 13.1 Å². The van der Waals surface area contributed by atoms with E-state index in [0.717, 1.165) is 62.0 Å². The van der Waals surface area contributed by atoms with Gasteiger partial charge in [0.1, 0.15) is 12.2 Å². The average molecular weight is 333 g/mol. The van der Waals surface area contributed by atoms with Gasteiger partial charge in [-0.2, -0.15) is 5.10 Å². The summed E-state index contributed by atoms with van der Waals surface area (Å²) >= 11 is 1.54. The normalized spacial score (nSPS) is 16.5. The second kappa shape index (κ2) is 7.23.